The summed E-state index contributed by atoms with van der Waals surface area (Å²) in [5.41, 5.74) is 3.47. The first kappa shape index (κ1) is 29.7. The fourth-order valence-corrected chi connectivity index (χ4v) is 5.87. The van der Waals surface area contributed by atoms with E-state index in [-0.39, 0.29) is 11.8 Å². The molecule has 1 aromatic heterocycles. The van der Waals surface area contributed by atoms with Crippen molar-refractivity contribution in [3.63, 3.8) is 0 Å². The van der Waals surface area contributed by atoms with Crippen LogP contribution in [-0.4, -0.2) is 83.9 Å². The molecule has 0 unspecified atom stereocenters. The SMILES string of the molecule is CC(=O)N1CCCN(Cc2ccccn2)CCN(C(=O)c2ccc(OCCN3CCCCC3)cc2)Cc2ccccc21. The maximum atomic E-state index is 13.9. The summed E-state index contributed by atoms with van der Waals surface area (Å²) in [6.45, 7) is 9.31. The van der Waals surface area contributed by atoms with Gasteiger partial charge >= 0.3 is 0 Å². The lowest BCUT2D eigenvalue weighted by Gasteiger charge is -2.28. The Kier molecular flexibility index (Phi) is 10.6. The van der Waals surface area contributed by atoms with E-state index >= 15 is 0 Å². The Labute approximate surface area is 249 Å². The third-order valence-corrected chi connectivity index (χ3v) is 8.19. The van der Waals surface area contributed by atoms with Gasteiger partial charge in [-0.15, -0.1) is 0 Å². The molecule has 2 aliphatic rings. The number of amides is 2. The molecule has 3 aromatic rings. The van der Waals surface area contributed by atoms with Gasteiger partial charge in [0.1, 0.15) is 12.4 Å². The van der Waals surface area contributed by atoms with Crippen LogP contribution in [0.3, 0.4) is 0 Å². The molecule has 2 aliphatic heterocycles. The van der Waals surface area contributed by atoms with Gasteiger partial charge in [0.25, 0.3) is 5.91 Å². The number of hydrogen-bond donors (Lipinski definition) is 0. The number of fused-ring (bicyclic) bond motifs is 1. The standard InChI is InChI=1S/C34H43N5O3/c1-28(40)39-21-9-20-37(27-31-11-5-6-17-35-31)22-23-38(26-30-10-3-4-12-33(30)39)34(41)29-13-15-32(16-14-29)42-25-24-36-18-7-2-8-19-36/h3-6,10-17H,2,7-9,18-27H2,1H3. The monoisotopic (exact) mass is 569 g/mol. The van der Waals surface area contributed by atoms with E-state index in [0.717, 1.165) is 55.3 Å². The number of nitrogens with zero attached hydrogens (tertiary/aromatic N) is 5. The number of carbonyl (C=O) groups is 2. The molecule has 0 N–H and O–H groups in total. The van der Waals surface area contributed by atoms with Crippen molar-refractivity contribution in [2.75, 3.05) is 57.3 Å². The van der Waals surface area contributed by atoms with Crippen molar-refractivity contribution in [1.29, 1.82) is 0 Å². The zero-order chi connectivity index (χ0) is 29.1. The second-order valence-electron chi connectivity index (χ2n) is 11.3. The van der Waals surface area contributed by atoms with E-state index in [4.69, 9.17) is 4.74 Å². The molecule has 0 bridgehead atoms. The molecule has 1 fully saturated rings. The Balaban J connectivity index is 1.32. The molecule has 2 aromatic carbocycles. The number of ether oxygens (including phenoxy) is 1. The number of anilines is 1. The molecule has 222 valence electrons. The summed E-state index contributed by atoms with van der Waals surface area (Å²) < 4.78 is 6.00. The van der Waals surface area contributed by atoms with E-state index < -0.39 is 0 Å². The average molecular weight is 570 g/mol. The summed E-state index contributed by atoms with van der Waals surface area (Å²) in [5.74, 6) is 0.757. The summed E-state index contributed by atoms with van der Waals surface area (Å²) in [6, 6.07) is 21.4. The van der Waals surface area contributed by atoms with E-state index in [0.29, 0.717) is 44.9 Å². The molecule has 8 nitrogen and oxygen atoms in total. The number of benzene rings is 2. The minimum Gasteiger partial charge on any atom is -0.492 e. The number of pyridine rings is 1. The Morgan fingerprint density at radius 3 is 2.31 bits per heavy atom. The van der Waals surface area contributed by atoms with Crippen LogP contribution < -0.4 is 9.64 Å². The van der Waals surface area contributed by atoms with Crippen molar-refractivity contribution < 1.29 is 14.3 Å². The van der Waals surface area contributed by atoms with Crippen molar-refractivity contribution in [1.82, 2.24) is 19.7 Å². The van der Waals surface area contributed by atoms with Gasteiger partial charge in [0.05, 0.1) is 5.69 Å². The number of likely N-dealkylation sites (tertiary alicyclic amines) is 1. The summed E-state index contributed by atoms with van der Waals surface area (Å²) >= 11 is 0. The maximum Gasteiger partial charge on any atom is 0.254 e. The average Bonchev–Trinajstić information content (AvgIpc) is 3.05. The normalized spacial score (nSPS) is 17.3. The van der Waals surface area contributed by atoms with E-state index in [9.17, 15) is 9.59 Å². The van der Waals surface area contributed by atoms with Gasteiger partial charge in [0.15, 0.2) is 0 Å². The molecule has 0 aliphatic carbocycles. The molecular formula is C34H43N5O3. The third kappa shape index (κ3) is 8.17. The summed E-state index contributed by atoms with van der Waals surface area (Å²) in [5, 5.41) is 0. The molecule has 0 atom stereocenters. The highest BCUT2D eigenvalue weighted by atomic mass is 16.5. The largest absolute Gasteiger partial charge is 0.492 e. The van der Waals surface area contributed by atoms with Gasteiger partial charge < -0.3 is 14.5 Å². The van der Waals surface area contributed by atoms with Gasteiger partial charge in [-0.25, -0.2) is 0 Å². The highest BCUT2D eigenvalue weighted by Crippen LogP contribution is 2.25. The number of piperidine rings is 1. The Bertz CT molecular complexity index is 1290. The highest BCUT2D eigenvalue weighted by molar-refractivity contribution is 5.95. The van der Waals surface area contributed by atoms with Crippen molar-refractivity contribution in [2.24, 2.45) is 0 Å². The highest BCUT2D eigenvalue weighted by Gasteiger charge is 2.23. The number of hydrogen-bond acceptors (Lipinski definition) is 6. The molecule has 0 spiro atoms. The quantitative estimate of drug-likeness (QED) is 0.405. The van der Waals surface area contributed by atoms with Crippen molar-refractivity contribution in [2.45, 2.75) is 45.7 Å². The van der Waals surface area contributed by atoms with Gasteiger partial charge in [-0.2, -0.15) is 0 Å². The van der Waals surface area contributed by atoms with Crippen LogP contribution in [0.25, 0.3) is 0 Å². The summed E-state index contributed by atoms with van der Waals surface area (Å²) in [7, 11) is 0. The minimum absolute atomic E-state index is 0.00623. The van der Waals surface area contributed by atoms with Crippen molar-refractivity contribution in [3.05, 3.63) is 89.7 Å². The lowest BCUT2D eigenvalue weighted by Crippen LogP contribution is -2.38. The van der Waals surface area contributed by atoms with Gasteiger partial charge in [-0.1, -0.05) is 30.7 Å². The number of rotatable bonds is 7. The number of para-hydroxylation sites is 1. The first-order valence-electron chi connectivity index (χ1n) is 15.3. The van der Waals surface area contributed by atoms with E-state index in [2.05, 4.69) is 14.8 Å². The smallest absolute Gasteiger partial charge is 0.254 e. The molecule has 8 heteroatoms. The van der Waals surface area contributed by atoms with Gasteiger partial charge in [-0.05, 0) is 80.4 Å². The summed E-state index contributed by atoms with van der Waals surface area (Å²) in [4.78, 5) is 39.7. The molecule has 0 radical (unpaired) electrons. The zero-order valence-corrected chi connectivity index (χ0v) is 24.8. The first-order chi connectivity index (χ1) is 20.6. The molecule has 0 saturated carbocycles. The maximum absolute atomic E-state index is 13.9. The molecular weight excluding hydrogens is 526 g/mol. The van der Waals surface area contributed by atoms with E-state index in [1.54, 1.807) is 6.92 Å². The molecule has 5 rings (SSSR count). The fraction of sp³-hybridized carbons (Fsp3) is 0.441. The first-order valence-corrected chi connectivity index (χ1v) is 15.3. The second-order valence-corrected chi connectivity index (χ2v) is 11.3. The predicted molar refractivity (Wildman–Crippen MR) is 166 cm³/mol. The number of carbonyl (C=O) groups excluding carboxylic acids is 2. The molecule has 42 heavy (non-hydrogen) atoms. The Hall–Kier alpha value is -3.75. The molecule has 2 amide bonds. The number of aromatic nitrogens is 1. The predicted octanol–water partition coefficient (Wildman–Crippen LogP) is 4.85. The topological polar surface area (TPSA) is 69.2 Å². The summed E-state index contributed by atoms with van der Waals surface area (Å²) in [6.07, 6.45) is 6.50. The zero-order valence-electron chi connectivity index (χ0n) is 24.8. The van der Waals surface area contributed by atoms with Gasteiger partial charge in [0.2, 0.25) is 5.91 Å². The van der Waals surface area contributed by atoms with Gasteiger partial charge in [-0.3, -0.25) is 24.4 Å². The van der Waals surface area contributed by atoms with E-state index in [1.165, 1.54) is 19.3 Å². The van der Waals surface area contributed by atoms with E-state index in [1.807, 2.05) is 82.7 Å². The van der Waals surface area contributed by atoms with Crippen LogP contribution in [-0.2, 0) is 17.9 Å². The third-order valence-electron chi connectivity index (χ3n) is 8.19. The van der Waals surface area contributed by atoms with Crippen LogP contribution in [0.1, 0.15) is 54.2 Å². The van der Waals surface area contributed by atoms with Crippen LogP contribution in [0.2, 0.25) is 0 Å². The Morgan fingerprint density at radius 2 is 1.55 bits per heavy atom. The van der Waals surface area contributed by atoms with Crippen molar-refractivity contribution >= 4 is 17.5 Å². The molecule has 3 heterocycles. The lowest BCUT2D eigenvalue weighted by molar-refractivity contribution is -0.116. The van der Waals surface area contributed by atoms with Crippen LogP contribution in [0, 0.1) is 0 Å². The Morgan fingerprint density at radius 1 is 0.786 bits per heavy atom. The van der Waals surface area contributed by atoms with Crippen LogP contribution >= 0.6 is 0 Å². The molecule has 1 saturated heterocycles. The lowest BCUT2D eigenvalue weighted by atomic mass is 10.1. The minimum atomic E-state index is -0.0314. The van der Waals surface area contributed by atoms with Crippen LogP contribution in [0.4, 0.5) is 5.69 Å². The van der Waals surface area contributed by atoms with Gasteiger partial charge in [0, 0.05) is 70.2 Å². The fourth-order valence-electron chi connectivity index (χ4n) is 5.87. The second kappa shape index (κ2) is 14.9. The van der Waals surface area contributed by atoms with Crippen LogP contribution in [0.15, 0.2) is 72.9 Å². The van der Waals surface area contributed by atoms with Crippen LogP contribution in [0.5, 0.6) is 5.75 Å². The van der Waals surface area contributed by atoms with Crippen molar-refractivity contribution in [3.8, 4) is 5.75 Å².